The minimum atomic E-state index is -0.427. The van der Waals surface area contributed by atoms with Crippen LogP contribution in [-0.4, -0.2) is 33.1 Å². The maximum atomic E-state index is 11.9. The molecule has 0 unspecified atom stereocenters. The van der Waals surface area contributed by atoms with Gasteiger partial charge in [-0.05, 0) is 31.5 Å². The van der Waals surface area contributed by atoms with E-state index < -0.39 is 5.54 Å². The molecule has 0 spiro atoms. The Hall–Kier alpha value is -2.20. The summed E-state index contributed by atoms with van der Waals surface area (Å²) in [5.41, 5.74) is 2.10. The molecule has 0 aliphatic rings. The van der Waals surface area contributed by atoms with Crippen LogP contribution in [-0.2, 0) is 22.5 Å². The first kappa shape index (κ1) is 25.4. The Kier molecular flexibility index (Phi) is 8.00. The van der Waals surface area contributed by atoms with E-state index in [4.69, 9.17) is 4.42 Å². The number of aromatic nitrogens is 2. The number of carbonyl (C=O) groups is 1. The molecule has 3 aromatic rings. The van der Waals surface area contributed by atoms with Gasteiger partial charge in [0.25, 0.3) is 0 Å². The van der Waals surface area contributed by atoms with Gasteiger partial charge in [-0.15, -0.1) is 23.1 Å². The molecule has 33 heavy (non-hydrogen) atoms. The number of aliphatic hydroxyl groups excluding tert-OH is 1. The van der Waals surface area contributed by atoms with Crippen molar-refractivity contribution < 1.29 is 14.3 Å². The molecule has 0 saturated heterocycles. The van der Waals surface area contributed by atoms with Crippen molar-refractivity contribution in [3.05, 3.63) is 47.1 Å². The molecule has 0 saturated carbocycles. The van der Waals surface area contributed by atoms with Crippen molar-refractivity contribution in [3.8, 4) is 10.6 Å². The van der Waals surface area contributed by atoms with E-state index in [1.54, 1.807) is 24.2 Å². The quantitative estimate of drug-likeness (QED) is 0.356. The summed E-state index contributed by atoms with van der Waals surface area (Å²) in [6.45, 7) is 12.2. The number of thioether (sulfide) groups is 1. The van der Waals surface area contributed by atoms with Crippen LogP contribution < -0.4 is 10.6 Å². The van der Waals surface area contributed by atoms with Gasteiger partial charge < -0.3 is 20.2 Å². The van der Waals surface area contributed by atoms with Crippen LogP contribution in [0.2, 0.25) is 0 Å². The molecule has 1 aromatic carbocycles. The summed E-state index contributed by atoms with van der Waals surface area (Å²) in [5, 5.41) is 18.8. The standard InChI is InChI=1S/C24H32N4O3S2/c1-15(30)28-18-10-19(33-13-21-26-12-20(31-21)23(2,3)4)16(11-27-24(5,6)14-29)9-17(18)22-25-7-8-32-22/h7-10,12,27,29H,11,13-14H2,1-6H3,(H,28,30). The second kappa shape index (κ2) is 10.4. The number of anilines is 1. The molecule has 2 aromatic heterocycles. The van der Waals surface area contributed by atoms with E-state index in [9.17, 15) is 9.90 Å². The fourth-order valence-electron chi connectivity index (χ4n) is 2.98. The highest BCUT2D eigenvalue weighted by Crippen LogP contribution is 2.37. The lowest BCUT2D eigenvalue weighted by Crippen LogP contribution is -2.42. The van der Waals surface area contributed by atoms with Gasteiger partial charge in [0.05, 0.1) is 24.2 Å². The van der Waals surface area contributed by atoms with E-state index in [2.05, 4.69) is 47.4 Å². The van der Waals surface area contributed by atoms with Crippen molar-refractivity contribution in [2.24, 2.45) is 0 Å². The number of benzene rings is 1. The Bertz CT molecular complexity index is 1090. The maximum Gasteiger partial charge on any atom is 0.221 e. The average molecular weight is 489 g/mol. The molecule has 0 radical (unpaired) electrons. The topological polar surface area (TPSA) is 100 Å². The Morgan fingerprint density at radius 3 is 2.55 bits per heavy atom. The van der Waals surface area contributed by atoms with Crippen LogP contribution in [0, 0.1) is 0 Å². The van der Waals surface area contributed by atoms with Crippen LogP contribution in [0.25, 0.3) is 10.6 Å². The number of oxazole rings is 1. The number of hydrogen-bond acceptors (Lipinski definition) is 8. The van der Waals surface area contributed by atoms with E-state index in [0.717, 1.165) is 26.8 Å². The second-order valence-corrected chi connectivity index (χ2v) is 11.5. The lowest BCUT2D eigenvalue weighted by atomic mass is 9.94. The largest absolute Gasteiger partial charge is 0.444 e. The highest BCUT2D eigenvalue weighted by molar-refractivity contribution is 7.98. The van der Waals surface area contributed by atoms with Crippen LogP contribution in [0.1, 0.15) is 58.8 Å². The van der Waals surface area contributed by atoms with E-state index in [-0.39, 0.29) is 17.9 Å². The number of nitrogens with zero attached hydrogens (tertiary/aromatic N) is 2. The highest BCUT2D eigenvalue weighted by atomic mass is 32.2. The molecule has 7 nitrogen and oxygen atoms in total. The Balaban J connectivity index is 1.96. The van der Waals surface area contributed by atoms with Gasteiger partial charge >= 0.3 is 0 Å². The van der Waals surface area contributed by atoms with Crippen molar-refractivity contribution in [2.75, 3.05) is 11.9 Å². The van der Waals surface area contributed by atoms with Crippen LogP contribution in [0.5, 0.6) is 0 Å². The van der Waals surface area contributed by atoms with Crippen molar-refractivity contribution in [2.45, 2.75) is 69.7 Å². The molecule has 0 aliphatic heterocycles. The number of carbonyl (C=O) groups excluding carboxylic acids is 1. The summed E-state index contributed by atoms with van der Waals surface area (Å²) >= 11 is 3.12. The first-order valence-electron chi connectivity index (χ1n) is 10.8. The lowest BCUT2D eigenvalue weighted by Gasteiger charge is -2.25. The molecule has 0 atom stereocenters. The SMILES string of the molecule is CC(=O)Nc1cc(SCc2ncc(C(C)(C)C)o2)c(CNC(C)(C)CO)cc1-c1nccs1. The zero-order valence-electron chi connectivity index (χ0n) is 20.0. The summed E-state index contributed by atoms with van der Waals surface area (Å²) in [6.07, 6.45) is 3.54. The first-order valence-corrected chi connectivity index (χ1v) is 12.6. The normalized spacial score (nSPS) is 12.2. The van der Waals surface area contributed by atoms with Crippen molar-refractivity contribution in [1.29, 1.82) is 0 Å². The summed E-state index contributed by atoms with van der Waals surface area (Å²) in [5.74, 6) is 1.92. The van der Waals surface area contributed by atoms with Gasteiger partial charge in [-0.2, -0.15) is 0 Å². The zero-order valence-corrected chi connectivity index (χ0v) is 21.6. The Morgan fingerprint density at radius 1 is 1.21 bits per heavy atom. The third-order valence-corrected chi connectivity index (χ3v) is 6.86. The second-order valence-electron chi connectivity index (χ2n) is 9.58. The zero-order chi connectivity index (χ0) is 24.2. The summed E-state index contributed by atoms with van der Waals surface area (Å²) < 4.78 is 5.96. The minimum Gasteiger partial charge on any atom is -0.444 e. The number of aliphatic hydroxyl groups is 1. The van der Waals surface area contributed by atoms with Gasteiger partial charge in [-0.3, -0.25) is 4.79 Å². The molecule has 0 aliphatic carbocycles. The third-order valence-electron chi connectivity index (χ3n) is 4.97. The number of thiazole rings is 1. The van der Waals surface area contributed by atoms with Gasteiger partial charge in [0, 0.05) is 46.5 Å². The summed E-state index contributed by atoms with van der Waals surface area (Å²) in [6, 6.07) is 4.04. The molecule has 9 heteroatoms. The number of rotatable bonds is 9. The molecule has 1 amide bonds. The van der Waals surface area contributed by atoms with Gasteiger partial charge in [0.2, 0.25) is 11.8 Å². The van der Waals surface area contributed by atoms with E-state index >= 15 is 0 Å². The van der Waals surface area contributed by atoms with Gasteiger partial charge in [0.1, 0.15) is 10.8 Å². The predicted molar refractivity (Wildman–Crippen MR) is 135 cm³/mol. The van der Waals surface area contributed by atoms with E-state index in [0.29, 0.717) is 23.9 Å². The van der Waals surface area contributed by atoms with Crippen LogP contribution >= 0.6 is 23.1 Å². The fraction of sp³-hybridized carbons (Fsp3) is 0.458. The van der Waals surface area contributed by atoms with Gasteiger partial charge in [0.15, 0.2) is 0 Å². The van der Waals surface area contributed by atoms with Crippen LogP contribution in [0.4, 0.5) is 5.69 Å². The summed E-state index contributed by atoms with van der Waals surface area (Å²) in [7, 11) is 0. The fourth-order valence-corrected chi connectivity index (χ4v) is 4.58. The predicted octanol–water partition coefficient (Wildman–Crippen LogP) is 5.21. The van der Waals surface area contributed by atoms with E-state index in [1.165, 1.54) is 18.3 Å². The Morgan fingerprint density at radius 2 is 1.97 bits per heavy atom. The van der Waals surface area contributed by atoms with Crippen LogP contribution in [0.3, 0.4) is 0 Å². The maximum absolute atomic E-state index is 11.9. The number of amides is 1. The smallest absolute Gasteiger partial charge is 0.221 e. The molecule has 2 heterocycles. The van der Waals surface area contributed by atoms with Crippen molar-refractivity contribution in [3.63, 3.8) is 0 Å². The summed E-state index contributed by atoms with van der Waals surface area (Å²) in [4.78, 5) is 21.8. The molecule has 0 fully saturated rings. The minimum absolute atomic E-state index is 0.0185. The molecule has 3 N–H and O–H groups in total. The lowest BCUT2D eigenvalue weighted by molar-refractivity contribution is -0.114. The van der Waals surface area contributed by atoms with Crippen molar-refractivity contribution in [1.82, 2.24) is 15.3 Å². The molecule has 178 valence electrons. The van der Waals surface area contributed by atoms with Crippen molar-refractivity contribution >= 4 is 34.7 Å². The first-order chi connectivity index (χ1) is 15.5. The third kappa shape index (κ3) is 6.89. The monoisotopic (exact) mass is 488 g/mol. The Labute approximate surface area is 203 Å². The van der Waals surface area contributed by atoms with E-state index in [1.807, 2.05) is 25.3 Å². The van der Waals surface area contributed by atoms with Crippen LogP contribution in [0.15, 0.2) is 39.2 Å². The highest BCUT2D eigenvalue weighted by Gasteiger charge is 2.21. The molecule has 3 rings (SSSR count). The van der Waals surface area contributed by atoms with Gasteiger partial charge in [-0.25, -0.2) is 9.97 Å². The molecule has 0 bridgehead atoms. The number of nitrogens with one attached hydrogen (secondary N) is 2. The molecular formula is C24H32N4O3S2. The molecular weight excluding hydrogens is 456 g/mol. The average Bonchev–Trinajstić information content (AvgIpc) is 3.43. The van der Waals surface area contributed by atoms with Gasteiger partial charge in [-0.1, -0.05) is 20.8 Å². The number of hydrogen-bond donors (Lipinski definition) is 3.